The minimum Gasteiger partial charge on any atom is -0.391 e. The first-order chi connectivity index (χ1) is 24.6. The molecule has 7 nitrogen and oxygen atoms in total. The molecule has 5 aromatic rings. The minimum absolute atomic E-state index is 0.417. The molecule has 5 rings (SSSR count). The van der Waals surface area contributed by atoms with Crippen LogP contribution in [0.5, 0.6) is 11.5 Å². The summed E-state index contributed by atoms with van der Waals surface area (Å²) in [5.41, 5.74) is 9.08. The van der Waals surface area contributed by atoms with Crippen LogP contribution in [0.25, 0.3) is 0 Å². The summed E-state index contributed by atoms with van der Waals surface area (Å²) in [6.07, 6.45) is 2.28. The van der Waals surface area contributed by atoms with Gasteiger partial charge >= 0.3 is 0 Å². The van der Waals surface area contributed by atoms with E-state index in [9.17, 15) is 0 Å². The average molecular weight is 667 g/mol. The maximum absolute atomic E-state index is 6.17. The number of nitrogens with zero attached hydrogens (tertiary/aromatic N) is 4. The summed E-state index contributed by atoms with van der Waals surface area (Å²) in [6, 6.07) is 44.6. The van der Waals surface area contributed by atoms with Crippen molar-refractivity contribution in [2.75, 3.05) is 7.05 Å². The highest BCUT2D eigenvalue weighted by Crippen LogP contribution is 2.28. The smallest absolute Gasteiger partial charge is 0.166 e. The molecular weight excluding hydrogens is 620 g/mol. The molecule has 0 unspecified atom stereocenters. The van der Waals surface area contributed by atoms with Gasteiger partial charge in [-0.05, 0) is 60.2 Å². The molecular formula is C43H46N4O3. The third-order valence-electron chi connectivity index (χ3n) is 8.20. The number of hydrogen-bond donors (Lipinski definition) is 0. The van der Waals surface area contributed by atoms with E-state index >= 15 is 0 Å². The zero-order valence-electron chi connectivity index (χ0n) is 29.5. The molecule has 0 aliphatic heterocycles. The number of benzene rings is 5. The molecule has 0 radical (unpaired) electrons. The maximum atomic E-state index is 6.17. The van der Waals surface area contributed by atoms with E-state index < -0.39 is 0 Å². The van der Waals surface area contributed by atoms with E-state index in [1.165, 1.54) is 5.56 Å². The molecule has 0 saturated heterocycles. The second-order valence-electron chi connectivity index (χ2n) is 12.0. The van der Waals surface area contributed by atoms with Crippen LogP contribution in [-0.2, 0) is 24.5 Å². The monoisotopic (exact) mass is 666 g/mol. The van der Waals surface area contributed by atoms with Crippen molar-refractivity contribution in [1.82, 2.24) is 4.90 Å². The van der Waals surface area contributed by atoms with Gasteiger partial charge in [0.1, 0.15) is 6.61 Å². The first-order valence-corrected chi connectivity index (χ1v) is 17.3. The Morgan fingerprint density at radius 2 is 1.00 bits per heavy atom. The van der Waals surface area contributed by atoms with E-state index in [1.54, 1.807) is 0 Å². The summed E-state index contributed by atoms with van der Waals surface area (Å²) in [6.45, 7) is 8.04. The fourth-order valence-electron chi connectivity index (χ4n) is 5.46. The van der Waals surface area contributed by atoms with E-state index in [0.717, 1.165) is 70.8 Å². The number of rotatable bonds is 17. The van der Waals surface area contributed by atoms with Crippen LogP contribution in [0.3, 0.4) is 0 Å². The molecule has 7 heteroatoms. The molecule has 5 aromatic carbocycles. The van der Waals surface area contributed by atoms with Crippen LogP contribution in [0.15, 0.2) is 149 Å². The Morgan fingerprint density at radius 3 is 1.52 bits per heavy atom. The molecule has 0 atom stereocenters. The van der Waals surface area contributed by atoms with Crippen molar-refractivity contribution in [2.24, 2.45) is 15.5 Å². The van der Waals surface area contributed by atoms with Gasteiger partial charge in [0, 0.05) is 24.7 Å². The SMILES string of the molecule is CC/C(=N\OCc1ccc(CN(C)Cc2ccc(O/N=C(\CC)c3ccccc3)cc2O/N=C(\CC)c2ccccc2)cc1)c1ccccc1. The lowest BCUT2D eigenvalue weighted by molar-refractivity contribution is 0.130. The van der Waals surface area contributed by atoms with E-state index in [-0.39, 0.29) is 0 Å². The highest BCUT2D eigenvalue weighted by atomic mass is 16.6. The van der Waals surface area contributed by atoms with Crippen molar-refractivity contribution >= 4 is 17.1 Å². The molecule has 0 aromatic heterocycles. The minimum atomic E-state index is 0.417. The van der Waals surface area contributed by atoms with Crippen LogP contribution in [0, 0.1) is 0 Å². The molecule has 0 aliphatic carbocycles. The molecule has 0 N–H and O–H groups in total. The van der Waals surface area contributed by atoms with E-state index in [4.69, 9.17) is 14.5 Å². The summed E-state index contributed by atoms with van der Waals surface area (Å²) in [5, 5.41) is 13.5. The summed E-state index contributed by atoms with van der Waals surface area (Å²) >= 11 is 0. The fraction of sp³-hybridized carbons (Fsp3) is 0.233. The molecule has 0 spiro atoms. The van der Waals surface area contributed by atoms with Gasteiger partial charge in [0.05, 0.1) is 17.1 Å². The molecule has 0 heterocycles. The number of oxime groups is 3. The summed E-state index contributed by atoms with van der Waals surface area (Å²) in [7, 11) is 2.10. The van der Waals surface area contributed by atoms with Crippen LogP contribution in [0.1, 0.15) is 73.4 Å². The summed E-state index contributed by atoms with van der Waals surface area (Å²) in [4.78, 5) is 20.1. The van der Waals surface area contributed by atoms with Gasteiger partial charge in [0.2, 0.25) is 0 Å². The standard InChI is InChI=1S/C43H46N4O3/c1-5-40(35-17-11-8-12-18-35)44-48-32-34-25-23-33(24-26-34)30-47(4)31-38-27-28-39(49-45-41(6-2)36-19-13-9-14-20-36)29-43(38)50-46-42(7-3)37-21-15-10-16-22-37/h8-29H,5-7,30-32H2,1-4H3/b44-40+,45-41+,46-42+. The second kappa shape index (κ2) is 18.9. The van der Waals surface area contributed by atoms with Crippen molar-refractivity contribution in [3.8, 4) is 11.5 Å². The summed E-state index contributed by atoms with van der Waals surface area (Å²) in [5.74, 6) is 1.21. The molecule has 50 heavy (non-hydrogen) atoms. The number of hydrogen-bond acceptors (Lipinski definition) is 7. The van der Waals surface area contributed by atoms with Gasteiger partial charge in [-0.1, -0.05) is 158 Å². The quantitative estimate of drug-likeness (QED) is 0.0732. The maximum Gasteiger partial charge on any atom is 0.166 e. The molecule has 0 amide bonds. The summed E-state index contributed by atoms with van der Waals surface area (Å²) < 4.78 is 0. The fourth-order valence-corrected chi connectivity index (χ4v) is 5.46. The molecule has 0 fully saturated rings. The van der Waals surface area contributed by atoms with Crippen molar-refractivity contribution in [2.45, 2.75) is 59.7 Å². The van der Waals surface area contributed by atoms with Gasteiger partial charge in [-0.15, -0.1) is 0 Å². The van der Waals surface area contributed by atoms with E-state index in [0.29, 0.717) is 24.7 Å². The van der Waals surface area contributed by atoms with Gasteiger partial charge in [-0.3, -0.25) is 4.90 Å². The Bertz CT molecular complexity index is 1860. The largest absolute Gasteiger partial charge is 0.391 e. The molecule has 0 bridgehead atoms. The Morgan fingerprint density at radius 1 is 0.520 bits per heavy atom. The first kappa shape index (κ1) is 35.8. The lowest BCUT2D eigenvalue weighted by Crippen LogP contribution is -2.17. The predicted octanol–water partition coefficient (Wildman–Crippen LogP) is 10.0. The zero-order valence-corrected chi connectivity index (χ0v) is 29.5. The van der Waals surface area contributed by atoms with Crippen LogP contribution in [0.2, 0.25) is 0 Å². The first-order valence-electron chi connectivity index (χ1n) is 17.3. The Balaban J connectivity index is 1.27. The highest BCUT2D eigenvalue weighted by molar-refractivity contribution is 6.01. The van der Waals surface area contributed by atoms with Crippen molar-refractivity contribution in [3.63, 3.8) is 0 Å². The van der Waals surface area contributed by atoms with E-state index in [2.05, 4.69) is 84.6 Å². The van der Waals surface area contributed by atoms with Crippen LogP contribution in [0.4, 0.5) is 0 Å². The lowest BCUT2D eigenvalue weighted by atomic mass is 10.1. The van der Waals surface area contributed by atoms with Gasteiger partial charge in [-0.2, -0.15) is 0 Å². The molecule has 0 saturated carbocycles. The van der Waals surface area contributed by atoms with Crippen LogP contribution in [-0.4, -0.2) is 29.1 Å². The predicted molar refractivity (Wildman–Crippen MR) is 204 cm³/mol. The molecule has 256 valence electrons. The highest BCUT2D eigenvalue weighted by Gasteiger charge is 2.13. The van der Waals surface area contributed by atoms with Gasteiger partial charge in [-0.25, -0.2) is 0 Å². The third kappa shape index (κ3) is 10.5. The van der Waals surface area contributed by atoms with Crippen molar-refractivity contribution in [3.05, 3.63) is 167 Å². The second-order valence-corrected chi connectivity index (χ2v) is 12.0. The van der Waals surface area contributed by atoms with Crippen LogP contribution >= 0.6 is 0 Å². The average Bonchev–Trinajstić information content (AvgIpc) is 3.16. The van der Waals surface area contributed by atoms with E-state index in [1.807, 2.05) is 97.1 Å². The lowest BCUT2D eigenvalue weighted by Gasteiger charge is -2.19. The topological polar surface area (TPSA) is 68.0 Å². The van der Waals surface area contributed by atoms with Gasteiger partial charge < -0.3 is 14.5 Å². The van der Waals surface area contributed by atoms with Gasteiger partial charge in [0.25, 0.3) is 0 Å². The van der Waals surface area contributed by atoms with Crippen molar-refractivity contribution in [1.29, 1.82) is 0 Å². The normalized spacial score (nSPS) is 12.2. The molecule has 0 aliphatic rings. The zero-order chi connectivity index (χ0) is 35.0. The Hall–Kier alpha value is -5.53. The van der Waals surface area contributed by atoms with Gasteiger partial charge in [0.15, 0.2) is 11.5 Å². The Kier molecular flexibility index (Phi) is 13.5. The third-order valence-corrected chi connectivity index (χ3v) is 8.20. The van der Waals surface area contributed by atoms with Crippen LogP contribution < -0.4 is 9.68 Å². The van der Waals surface area contributed by atoms with Crippen molar-refractivity contribution < 1.29 is 14.5 Å². The Labute approximate surface area is 296 Å².